The molecule has 0 aliphatic carbocycles. The first-order valence-electron chi connectivity index (χ1n) is 5.57. The van der Waals surface area contributed by atoms with E-state index in [0.717, 1.165) is 0 Å². The number of nitrogen functional groups attached to an aromatic ring is 1. The van der Waals surface area contributed by atoms with Gasteiger partial charge in [0.25, 0.3) is 5.91 Å². The van der Waals surface area contributed by atoms with Crippen LogP contribution >= 0.6 is 0 Å². The number of nitrogens with one attached hydrogen (secondary N) is 2. The number of anilines is 1. The number of hydrogen-bond acceptors (Lipinski definition) is 4. The zero-order valence-corrected chi connectivity index (χ0v) is 9.69. The number of hydrogen-bond donors (Lipinski definition) is 4. The Kier molecular flexibility index (Phi) is 3.08. The van der Waals surface area contributed by atoms with Gasteiger partial charge in [0.1, 0.15) is 11.3 Å². The number of ether oxygens (including phenoxy) is 1. The van der Waals surface area contributed by atoms with Gasteiger partial charge in [0.05, 0.1) is 6.10 Å². The second kappa shape index (κ2) is 4.38. The molecule has 2 heterocycles. The van der Waals surface area contributed by atoms with Gasteiger partial charge in [-0.2, -0.15) is 0 Å². The van der Waals surface area contributed by atoms with Crippen LogP contribution < -0.4 is 11.1 Å². The van der Waals surface area contributed by atoms with E-state index in [2.05, 4.69) is 10.3 Å². The summed E-state index contributed by atoms with van der Waals surface area (Å²) in [7, 11) is 0. The van der Waals surface area contributed by atoms with Crippen molar-refractivity contribution in [2.75, 3.05) is 18.9 Å². The summed E-state index contributed by atoms with van der Waals surface area (Å²) in [6.45, 7) is 2.49. The van der Waals surface area contributed by atoms with E-state index < -0.39 is 5.60 Å². The largest absolute Gasteiger partial charge is 0.397 e. The lowest BCUT2D eigenvalue weighted by Crippen LogP contribution is -2.47. The van der Waals surface area contributed by atoms with Gasteiger partial charge in [-0.05, 0) is 13.0 Å². The first-order valence-corrected chi connectivity index (χ1v) is 5.57. The van der Waals surface area contributed by atoms with Gasteiger partial charge >= 0.3 is 0 Å². The van der Waals surface area contributed by atoms with Gasteiger partial charge in [-0.25, -0.2) is 0 Å². The Morgan fingerprint density at radius 1 is 1.82 bits per heavy atom. The van der Waals surface area contributed by atoms with Gasteiger partial charge in [0.2, 0.25) is 0 Å². The molecule has 2 unspecified atom stereocenters. The van der Waals surface area contributed by atoms with Gasteiger partial charge < -0.3 is 25.9 Å². The third-order valence-corrected chi connectivity index (χ3v) is 3.16. The topological polar surface area (TPSA) is 100 Å². The minimum atomic E-state index is -0.978. The molecule has 1 saturated heterocycles. The monoisotopic (exact) mass is 239 g/mol. The second-order valence-electron chi connectivity index (χ2n) is 4.40. The van der Waals surface area contributed by atoms with Crippen molar-refractivity contribution >= 4 is 11.6 Å². The Bertz CT molecular complexity index is 418. The van der Waals surface area contributed by atoms with E-state index in [4.69, 9.17) is 10.5 Å². The predicted octanol–water partition coefficient (Wildman–Crippen LogP) is -0.133. The van der Waals surface area contributed by atoms with Crippen LogP contribution in [0.2, 0.25) is 0 Å². The van der Waals surface area contributed by atoms with Crippen molar-refractivity contribution in [3.63, 3.8) is 0 Å². The van der Waals surface area contributed by atoms with Crippen LogP contribution in [0.4, 0.5) is 5.69 Å². The molecule has 0 saturated carbocycles. The molecule has 0 radical (unpaired) electrons. The van der Waals surface area contributed by atoms with E-state index in [1.54, 1.807) is 19.2 Å². The highest BCUT2D eigenvalue weighted by Crippen LogP contribution is 2.24. The first-order chi connectivity index (χ1) is 8.01. The molecule has 1 aromatic rings. The van der Waals surface area contributed by atoms with Crippen molar-refractivity contribution in [3.8, 4) is 0 Å². The summed E-state index contributed by atoms with van der Waals surface area (Å²) in [6, 6.07) is 1.55. The van der Waals surface area contributed by atoms with E-state index in [9.17, 15) is 9.90 Å². The van der Waals surface area contributed by atoms with Gasteiger partial charge in [-0.15, -0.1) is 0 Å². The minimum Gasteiger partial charge on any atom is -0.397 e. The summed E-state index contributed by atoms with van der Waals surface area (Å²) in [4.78, 5) is 14.5. The number of nitrogens with two attached hydrogens (primary N) is 1. The number of carbonyl (C=O) groups excluding carboxylic acids is 1. The molecule has 94 valence electrons. The van der Waals surface area contributed by atoms with E-state index in [1.807, 2.05) is 0 Å². The van der Waals surface area contributed by atoms with Crippen molar-refractivity contribution in [2.24, 2.45) is 0 Å². The lowest BCUT2D eigenvalue weighted by molar-refractivity contribution is -0.0251. The average Bonchev–Trinajstić information content (AvgIpc) is 2.84. The predicted molar refractivity (Wildman–Crippen MR) is 62.5 cm³/mol. The Balaban J connectivity index is 1.92. The van der Waals surface area contributed by atoms with Crippen LogP contribution in [-0.4, -0.2) is 40.9 Å². The molecule has 17 heavy (non-hydrogen) atoms. The molecule has 0 bridgehead atoms. The third-order valence-electron chi connectivity index (χ3n) is 3.16. The van der Waals surface area contributed by atoms with Gasteiger partial charge in [0, 0.05) is 31.5 Å². The number of aliphatic hydroxyl groups is 1. The molecule has 0 spiro atoms. The molecule has 5 N–H and O–H groups in total. The molecule has 1 aliphatic heterocycles. The summed E-state index contributed by atoms with van der Waals surface area (Å²) >= 11 is 0. The van der Waals surface area contributed by atoms with Crippen LogP contribution in [0.1, 0.15) is 23.8 Å². The van der Waals surface area contributed by atoms with E-state index >= 15 is 0 Å². The number of amides is 1. The number of aromatic amines is 1. The summed E-state index contributed by atoms with van der Waals surface area (Å²) in [5.41, 5.74) is 5.42. The Morgan fingerprint density at radius 3 is 3.12 bits per heavy atom. The van der Waals surface area contributed by atoms with Crippen LogP contribution in [0.25, 0.3) is 0 Å². The lowest BCUT2D eigenvalue weighted by atomic mass is 9.97. The number of carbonyl (C=O) groups is 1. The summed E-state index contributed by atoms with van der Waals surface area (Å²) < 4.78 is 5.28. The lowest BCUT2D eigenvalue weighted by Gasteiger charge is -2.25. The molecular weight excluding hydrogens is 222 g/mol. The number of aromatic nitrogens is 1. The molecule has 1 aliphatic rings. The molecule has 1 fully saturated rings. The Morgan fingerprint density at radius 2 is 2.59 bits per heavy atom. The van der Waals surface area contributed by atoms with Crippen molar-refractivity contribution in [2.45, 2.75) is 25.0 Å². The highest BCUT2D eigenvalue weighted by molar-refractivity contribution is 5.93. The molecule has 2 atom stereocenters. The molecule has 6 heteroatoms. The zero-order chi connectivity index (χ0) is 12.5. The van der Waals surface area contributed by atoms with Crippen LogP contribution in [0, 0.1) is 0 Å². The third kappa shape index (κ3) is 2.42. The van der Waals surface area contributed by atoms with E-state index in [1.165, 1.54) is 0 Å². The smallest absolute Gasteiger partial charge is 0.267 e. The molecular formula is C11H17N3O3. The Hall–Kier alpha value is -1.53. The van der Waals surface area contributed by atoms with Crippen LogP contribution in [0.3, 0.4) is 0 Å². The maximum atomic E-state index is 11.7. The van der Waals surface area contributed by atoms with Crippen LogP contribution in [-0.2, 0) is 4.74 Å². The fourth-order valence-electron chi connectivity index (χ4n) is 1.87. The highest BCUT2D eigenvalue weighted by atomic mass is 16.5. The van der Waals surface area contributed by atoms with Gasteiger partial charge in [-0.1, -0.05) is 0 Å². The first kappa shape index (κ1) is 11.9. The van der Waals surface area contributed by atoms with Gasteiger partial charge in [-0.3, -0.25) is 4.79 Å². The maximum absolute atomic E-state index is 11.7. The highest BCUT2D eigenvalue weighted by Gasteiger charge is 2.39. The van der Waals surface area contributed by atoms with Crippen LogP contribution in [0.15, 0.2) is 12.3 Å². The Labute approximate surface area is 99.1 Å². The normalized spacial score (nSPS) is 28.2. The van der Waals surface area contributed by atoms with Crippen molar-refractivity contribution in [1.82, 2.24) is 10.3 Å². The van der Waals surface area contributed by atoms with Crippen molar-refractivity contribution in [1.29, 1.82) is 0 Å². The molecule has 1 amide bonds. The zero-order valence-electron chi connectivity index (χ0n) is 9.69. The second-order valence-corrected chi connectivity index (χ2v) is 4.40. The summed E-state index contributed by atoms with van der Waals surface area (Å²) in [5, 5.41) is 12.9. The molecule has 6 nitrogen and oxygen atoms in total. The van der Waals surface area contributed by atoms with Crippen molar-refractivity contribution < 1.29 is 14.6 Å². The summed E-state index contributed by atoms with van der Waals surface area (Å²) in [6.07, 6.45) is 1.81. The summed E-state index contributed by atoms with van der Waals surface area (Å²) in [5.74, 6) is -0.283. The SMILES string of the molecule is CC1OCCC1(O)CNC(=O)c1cc(N)c[nH]1. The van der Waals surface area contributed by atoms with E-state index in [-0.39, 0.29) is 18.6 Å². The van der Waals surface area contributed by atoms with Crippen LogP contribution in [0.5, 0.6) is 0 Å². The standard InChI is InChI=1S/C11H17N3O3/c1-7-11(16,2-3-17-7)6-14-10(15)9-4-8(12)5-13-9/h4-5,7,13,16H,2-3,6,12H2,1H3,(H,14,15). The fourth-order valence-corrected chi connectivity index (χ4v) is 1.87. The van der Waals surface area contributed by atoms with E-state index in [0.29, 0.717) is 24.4 Å². The average molecular weight is 239 g/mol. The fraction of sp³-hybridized carbons (Fsp3) is 0.545. The van der Waals surface area contributed by atoms with Crippen molar-refractivity contribution in [3.05, 3.63) is 18.0 Å². The quantitative estimate of drug-likeness (QED) is 0.590. The van der Waals surface area contributed by atoms with Gasteiger partial charge in [0.15, 0.2) is 0 Å². The minimum absolute atomic E-state index is 0.173. The number of H-pyrrole nitrogens is 1. The number of rotatable bonds is 3. The maximum Gasteiger partial charge on any atom is 0.267 e. The molecule has 1 aromatic heterocycles. The molecule has 2 rings (SSSR count). The molecule has 0 aromatic carbocycles.